The van der Waals surface area contributed by atoms with Crippen molar-refractivity contribution in [2.45, 2.75) is 6.42 Å². The van der Waals surface area contributed by atoms with Gasteiger partial charge < -0.3 is 0 Å². The number of aromatic nitrogens is 1. The van der Waals surface area contributed by atoms with Gasteiger partial charge in [0.05, 0.1) is 0 Å². The molecule has 0 saturated heterocycles. The van der Waals surface area contributed by atoms with E-state index >= 15 is 0 Å². The molecule has 0 aliphatic rings. The lowest BCUT2D eigenvalue weighted by Crippen LogP contribution is -1.82. The minimum atomic E-state index is 0.946. The summed E-state index contributed by atoms with van der Waals surface area (Å²) in [5, 5.41) is 2.65. The molecule has 0 fully saturated rings. The van der Waals surface area contributed by atoms with Crippen molar-refractivity contribution in [1.82, 2.24) is 4.98 Å². The van der Waals surface area contributed by atoms with Crippen LogP contribution in [0.2, 0.25) is 0 Å². The summed E-state index contributed by atoms with van der Waals surface area (Å²) in [6.07, 6.45) is 6.39. The first-order valence-corrected chi connectivity index (χ1v) is 6.34. The van der Waals surface area contributed by atoms with Crippen LogP contribution in [0.3, 0.4) is 0 Å². The summed E-state index contributed by atoms with van der Waals surface area (Å²) in [6.45, 7) is 3.76. The second-order valence-electron chi connectivity index (χ2n) is 4.16. The first kappa shape index (κ1) is 13.0. The predicted molar refractivity (Wildman–Crippen MR) is 82.1 cm³/mol. The minimum Gasteiger partial charge on any atom is -0.265 e. The number of allylic oxidation sites excluding steroid dienone is 1. The molecule has 0 atom stereocenters. The zero-order valence-electron chi connectivity index (χ0n) is 10.9. The zero-order valence-corrected chi connectivity index (χ0v) is 10.9. The van der Waals surface area contributed by atoms with Crippen molar-refractivity contribution in [1.29, 1.82) is 0 Å². The summed E-state index contributed by atoms with van der Waals surface area (Å²) in [5.74, 6) is 0. The summed E-state index contributed by atoms with van der Waals surface area (Å²) < 4.78 is 0. The largest absolute Gasteiger partial charge is 0.265 e. The fourth-order valence-electron chi connectivity index (χ4n) is 1.94. The van der Waals surface area contributed by atoms with Gasteiger partial charge >= 0.3 is 0 Å². The molecule has 0 amide bonds. The highest BCUT2D eigenvalue weighted by atomic mass is 14.6. The number of benzene rings is 2. The second kappa shape index (κ2) is 7.12. The molecule has 1 heterocycles. The number of rotatable bonds is 2. The second-order valence-corrected chi connectivity index (χ2v) is 4.16. The smallest absolute Gasteiger partial charge is 0.0267 e. The molecule has 0 aliphatic carbocycles. The monoisotopic (exact) mass is 247 g/mol. The van der Waals surface area contributed by atoms with Gasteiger partial charge in [0.1, 0.15) is 0 Å². The van der Waals surface area contributed by atoms with E-state index in [0.29, 0.717) is 0 Å². The number of hydrogen-bond donors (Lipinski definition) is 0. The summed E-state index contributed by atoms with van der Waals surface area (Å²) in [5.41, 5.74) is 1.35. The average Bonchev–Trinajstić information content (AvgIpc) is 2.50. The van der Waals surface area contributed by atoms with E-state index in [9.17, 15) is 0 Å². The van der Waals surface area contributed by atoms with E-state index in [-0.39, 0.29) is 0 Å². The molecular weight excluding hydrogens is 230 g/mol. The van der Waals surface area contributed by atoms with Gasteiger partial charge in [-0.2, -0.15) is 0 Å². The van der Waals surface area contributed by atoms with Crippen LogP contribution >= 0.6 is 0 Å². The highest BCUT2D eigenvalue weighted by molar-refractivity contribution is 5.85. The molecule has 0 spiro atoms. The van der Waals surface area contributed by atoms with Crippen LogP contribution in [0.1, 0.15) is 5.56 Å². The van der Waals surface area contributed by atoms with Crippen LogP contribution in [-0.2, 0) is 6.42 Å². The van der Waals surface area contributed by atoms with Crippen LogP contribution in [0.15, 0.2) is 85.7 Å². The SMILES string of the molecule is C=CCc1cccc2ccccc12.c1ccncc1. The number of pyridine rings is 1. The van der Waals surface area contributed by atoms with Gasteiger partial charge in [0.25, 0.3) is 0 Å². The molecule has 1 heteroatoms. The van der Waals surface area contributed by atoms with Gasteiger partial charge in [0.15, 0.2) is 0 Å². The van der Waals surface area contributed by atoms with Gasteiger partial charge in [-0.25, -0.2) is 0 Å². The Balaban J connectivity index is 0.000000186. The molecule has 3 rings (SSSR count). The fourth-order valence-corrected chi connectivity index (χ4v) is 1.94. The molecule has 19 heavy (non-hydrogen) atoms. The van der Waals surface area contributed by atoms with Crippen molar-refractivity contribution in [3.63, 3.8) is 0 Å². The van der Waals surface area contributed by atoms with Gasteiger partial charge in [-0.05, 0) is 34.9 Å². The Bertz CT molecular complexity index is 597. The van der Waals surface area contributed by atoms with Crippen LogP contribution < -0.4 is 0 Å². The van der Waals surface area contributed by atoms with E-state index < -0.39 is 0 Å². The molecule has 0 bridgehead atoms. The van der Waals surface area contributed by atoms with Crippen LogP contribution in [-0.4, -0.2) is 4.98 Å². The molecule has 0 saturated carbocycles. The summed E-state index contributed by atoms with van der Waals surface area (Å²) in [7, 11) is 0. The molecule has 94 valence electrons. The van der Waals surface area contributed by atoms with Crippen molar-refractivity contribution < 1.29 is 0 Å². The van der Waals surface area contributed by atoms with Gasteiger partial charge in [-0.15, -0.1) is 6.58 Å². The van der Waals surface area contributed by atoms with Crippen LogP contribution in [0.4, 0.5) is 0 Å². The molecular formula is C18H17N. The Morgan fingerprint density at radius 1 is 0.842 bits per heavy atom. The highest BCUT2D eigenvalue weighted by Gasteiger charge is 1.96. The number of nitrogens with zero attached hydrogens (tertiary/aromatic N) is 1. The molecule has 3 aromatic rings. The summed E-state index contributed by atoms with van der Waals surface area (Å²) in [4.78, 5) is 3.78. The van der Waals surface area contributed by atoms with E-state index in [1.807, 2.05) is 24.3 Å². The molecule has 0 unspecified atom stereocenters. The molecule has 1 aromatic heterocycles. The van der Waals surface area contributed by atoms with Gasteiger partial charge in [0.2, 0.25) is 0 Å². The zero-order chi connectivity index (χ0) is 13.3. The maximum atomic E-state index is 3.78. The van der Waals surface area contributed by atoms with Gasteiger partial charge in [-0.3, -0.25) is 4.98 Å². The molecule has 1 nitrogen and oxygen atoms in total. The Morgan fingerprint density at radius 3 is 2.21 bits per heavy atom. The fraction of sp³-hybridized carbons (Fsp3) is 0.0556. The number of hydrogen-bond acceptors (Lipinski definition) is 1. The van der Waals surface area contributed by atoms with E-state index in [2.05, 4.69) is 54.0 Å². The Kier molecular flexibility index (Phi) is 4.88. The van der Waals surface area contributed by atoms with Crippen molar-refractivity contribution in [2.75, 3.05) is 0 Å². The van der Waals surface area contributed by atoms with Crippen molar-refractivity contribution >= 4 is 10.8 Å². The molecule has 0 aliphatic heterocycles. The molecule has 0 N–H and O–H groups in total. The Hall–Kier alpha value is -2.41. The molecule has 0 radical (unpaired) electrons. The van der Waals surface area contributed by atoms with Gasteiger partial charge in [0, 0.05) is 12.4 Å². The standard InChI is InChI=1S/C13H12.C5H5N/c1-2-6-11-8-5-9-12-7-3-4-10-13(11)12;1-2-4-6-5-3-1/h2-5,7-10H,1,6H2;1-5H. The predicted octanol–water partition coefficient (Wildman–Crippen LogP) is 4.65. The van der Waals surface area contributed by atoms with Crippen molar-refractivity contribution in [3.05, 3.63) is 91.3 Å². The van der Waals surface area contributed by atoms with Crippen molar-refractivity contribution in [2.24, 2.45) is 0 Å². The third-order valence-corrected chi connectivity index (χ3v) is 2.81. The lowest BCUT2D eigenvalue weighted by atomic mass is 10.0. The third-order valence-electron chi connectivity index (χ3n) is 2.81. The third kappa shape index (κ3) is 3.78. The average molecular weight is 247 g/mol. The van der Waals surface area contributed by atoms with Crippen LogP contribution in [0, 0.1) is 0 Å². The van der Waals surface area contributed by atoms with Crippen LogP contribution in [0.25, 0.3) is 10.8 Å². The van der Waals surface area contributed by atoms with E-state index in [4.69, 9.17) is 0 Å². The maximum Gasteiger partial charge on any atom is 0.0267 e. The lowest BCUT2D eigenvalue weighted by Gasteiger charge is -2.02. The minimum absolute atomic E-state index is 0.946. The molecule has 2 aromatic carbocycles. The Labute approximate surface area is 114 Å². The van der Waals surface area contributed by atoms with E-state index in [1.54, 1.807) is 12.4 Å². The van der Waals surface area contributed by atoms with E-state index in [1.165, 1.54) is 16.3 Å². The first-order valence-electron chi connectivity index (χ1n) is 6.34. The van der Waals surface area contributed by atoms with Gasteiger partial charge in [-0.1, -0.05) is 54.6 Å². The van der Waals surface area contributed by atoms with E-state index in [0.717, 1.165) is 6.42 Å². The van der Waals surface area contributed by atoms with Crippen LogP contribution in [0.5, 0.6) is 0 Å². The summed E-state index contributed by atoms with van der Waals surface area (Å²) in [6, 6.07) is 20.6. The normalized spacial score (nSPS) is 9.47. The van der Waals surface area contributed by atoms with Crippen molar-refractivity contribution in [3.8, 4) is 0 Å². The number of fused-ring (bicyclic) bond motifs is 1. The Morgan fingerprint density at radius 2 is 1.58 bits per heavy atom. The maximum absolute atomic E-state index is 3.78. The quantitative estimate of drug-likeness (QED) is 0.601. The first-order chi connectivity index (χ1) is 9.42. The lowest BCUT2D eigenvalue weighted by molar-refractivity contribution is 1.31. The highest BCUT2D eigenvalue weighted by Crippen LogP contribution is 2.18. The summed E-state index contributed by atoms with van der Waals surface area (Å²) >= 11 is 0. The topological polar surface area (TPSA) is 12.9 Å².